The molecule has 3 rings (SSSR count). The molecule has 0 saturated heterocycles. The fourth-order valence-corrected chi connectivity index (χ4v) is 2.78. The second-order valence-electron chi connectivity index (χ2n) is 4.81. The molecule has 2 N–H and O–H groups in total. The molecule has 1 atom stereocenters. The lowest BCUT2D eigenvalue weighted by atomic mass is 10.1. The number of fused-ring (bicyclic) bond motifs is 1. The summed E-state index contributed by atoms with van der Waals surface area (Å²) in [4.78, 5) is 4.49. The summed E-state index contributed by atoms with van der Waals surface area (Å²) in [5, 5.41) is 0.563. The quantitative estimate of drug-likeness (QED) is 0.917. The van der Waals surface area contributed by atoms with E-state index in [0.717, 1.165) is 42.2 Å². The minimum absolute atomic E-state index is 0.180. The SMILES string of the molecule is COc1cccc(-c2nc(Cl)c3n2CCC(N)C3)c1. The highest BCUT2D eigenvalue weighted by molar-refractivity contribution is 6.30. The second-order valence-corrected chi connectivity index (χ2v) is 5.17. The molecule has 1 aliphatic heterocycles. The van der Waals surface area contributed by atoms with Crippen LogP contribution in [-0.4, -0.2) is 22.7 Å². The average molecular weight is 278 g/mol. The van der Waals surface area contributed by atoms with Crippen molar-refractivity contribution in [1.29, 1.82) is 0 Å². The van der Waals surface area contributed by atoms with E-state index in [2.05, 4.69) is 9.55 Å². The number of benzene rings is 1. The fraction of sp³-hybridized carbons (Fsp3) is 0.357. The number of aromatic nitrogens is 2. The van der Waals surface area contributed by atoms with Crippen molar-refractivity contribution in [2.75, 3.05) is 7.11 Å². The summed E-state index contributed by atoms with van der Waals surface area (Å²) < 4.78 is 7.42. The van der Waals surface area contributed by atoms with Gasteiger partial charge in [0.1, 0.15) is 11.6 Å². The number of methoxy groups -OCH3 is 1. The van der Waals surface area contributed by atoms with Crippen LogP contribution in [0.1, 0.15) is 12.1 Å². The molecule has 19 heavy (non-hydrogen) atoms. The van der Waals surface area contributed by atoms with Crippen molar-refractivity contribution in [3.63, 3.8) is 0 Å². The molecule has 2 aromatic rings. The summed E-state index contributed by atoms with van der Waals surface area (Å²) in [7, 11) is 1.66. The van der Waals surface area contributed by atoms with Gasteiger partial charge in [-0.15, -0.1) is 0 Å². The van der Waals surface area contributed by atoms with Gasteiger partial charge < -0.3 is 15.0 Å². The van der Waals surface area contributed by atoms with E-state index in [9.17, 15) is 0 Å². The molecule has 5 heteroatoms. The van der Waals surface area contributed by atoms with Crippen molar-refractivity contribution < 1.29 is 4.74 Å². The van der Waals surface area contributed by atoms with Gasteiger partial charge >= 0.3 is 0 Å². The molecular formula is C14H16ClN3O. The van der Waals surface area contributed by atoms with E-state index in [-0.39, 0.29) is 6.04 Å². The molecule has 0 spiro atoms. The molecular weight excluding hydrogens is 262 g/mol. The smallest absolute Gasteiger partial charge is 0.151 e. The first kappa shape index (κ1) is 12.5. The van der Waals surface area contributed by atoms with Crippen LogP contribution >= 0.6 is 11.6 Å². The molecule has 4 nitrogen and oxygen atoms in total. The van der Waals surface area contributed by atoms with Crippen molar-refractivity contribution in [3.8, 4) is 17.1 Å². The Hall–Kier alpha value is -1.52. The lowest BCUT2D eigenvalue weighted by molar-refractivity contribution is 0.415. The summed E-state index contributed by atoms with van der Waals surface area (Å²) in [5.41, 5.74) is 8.05. The molecule has 1 aromatic heterocycles. The Labute approximate surface area is 117 Å². The Kier molecular flexibility index (Phi) is 3.21. The minimum Gasteiger partial charge on any atom is -0.497 e. The number of rotatable bonds is 2. The third kappa shape index (κ3) is 2.22. The highest BCUT2D eigenvalue weighted by Gasteiger charge is 2.23. The Balaban J connectivity index is 2.08. The number of hydrogen-bond acceptors (Lipinski definition) is 3. The van der Waals surface area contributed by atoms with Crippen LogP contribution in [0.2, 0.25) is 5.15 Å². The summed E-state index contributed by atoms with van der Waals surface area (Å²) in [6, 6.07) is 8.04. The third-order valence-electron chi connectivity index (χ3n) is 3.53. The number of hydrogen-bond donors (Lipinski definition) is 1. The highest BCUT2D eigenvalue weighted by atomic mass is 35.5. The topological polar surface area (TPSA) is 53.1 Å². The van der Waals surface area contributed by atoms with Crippen LogP contribution in [0.4, 0.5) is 0 Å². The van der Waals surface area contributed by atoms with Crippen LogP contribution in [0.5, 0.6) is 5.75 Å². The molecule has 100 valence electrons. The van der Waals surface area contributed by atoms with E-state index in [1.807, 2.05) is 24.3 Å². The van der Waals surface area contributed by atoms with Crippen LogP contribution in [0, 0.1) is 0 Å². The summed E-state index contributed by atoms with van der Waals surface area (Å²) in [5.74, 6) is 1.71. The molecule has 0 fully saturated rings. The van der Waals surface area contributed by atoms with Crippen molar-refractivity contribution in [2.24, 2.45) is 5.73 Å². The van der Waals surface area contributed by atoms with E-state index in [4.69, 9.17) is 22.1 Å². The largest absolute Gasteiger partial charge is 0.497 e. The molecule has 1 aromatic carbocycles. The lowest BCUT2D eigenvalue weighted by Gasteiger charge is -2.22. The maximum absolute atomic E-state index is 6.23. The van der Waals surface area contributed by atoms with E-state index < -0.39 is 0 Å². The third-order valence-corrected chi connectivity index (χ3v) is 3.83. The number of imidazole rings is 1. The van der Waals surface area contributed by atoms with Crippen LogP contribution in [0.3, 0.4) is 0 Å². The van der Waals surface area contributed by atoms with E-state index >= 15 is 0 Å². The molecule has 2 heterocycles. The molecule has 0 saturated carbocycles. The average Bonchev–Trinajstić information content (AvgIpc) is 2.76. The summed E-state index contributed by atoms with van der Waals surface area (Å²) in [6.45, 7) is 0.864. The van der Waals surface area contributed by atoms with Crippen molar-refractivity contribution in [2.45, 2.75) is 25.4 Å². The number of nitrogens with two attached hydrogens (primary N) is 1. The van der Waals surface area contributed by atoms with Gasteiger partial charge in [0.25, 0.3) is 0 Å². The zero-order valence-corrected chi connectivity index (χ0v) is 11.5. The van der Waals surface area contributed by atoms with Gasteiger partial charge in [-0.2, -0.15) is 0 Å². The molecule has 0 amide bonds. The standard InChI is InChI=1S/C14H16ClN3O/c1-19-11-4-2-3-9(7-11)14-17-13(15)12-8-10(16)5-6-18(12)14/h2-4,7,10H,5-6,8,16H2,1H3. The molecule has 1 unspecified atom stereocenters. The van der Waals surface area contributed by atoms with Gasteiger partial charge in [-0.05, 0) is 18.6 Å². The highest BCUT2D eigenvalue weighted by Crippen LogP contribution is 2.31. The first-order valence-corrected chi connectivity index (χ1v) is 6.71. The predicted octanol–water partition coefficient (Wildman–Crippen LogP) is 2.49. The zero-order valence-electron chi connectivity index (χ0n) is 10.8. The van der Waals surface area contributed by atoms with Crippen molar-refractivity contribution in [1.82, 2.24) is 9.55 Å². The van der Waals surface area contributed by atoms with Crippen molar-refractivity contribution >= 4 is 11.6 Å². The van der Waals surface area contributed by atoms with E-state index in [0.29, 0.717) is 5.15 Å². The molecule has 0 bridgehead atoms. The second kappa shape index (κ2) is 4.87. The monoisotopic (exact) mass is 277 g/mol. The summed E-state index contributed by atoms with van der Waals surface area (Å²) in [6.07, 6.45) is 1.74. The van der Waals surface area contributed by atoms with Gasteiger partial charge in [0, 0.05) is 24.6 Å². The minimum atomic E-state index is 0.180. The van der Waals surface area contributed by atoms with Crippen molar-refractivity contribution in [3.05, 3.63) is 35.1 Å². The Bertz CT molecular complexity index is 609. The van der Waals surface area contributed by atoms with Gasteiger partial charge in [0.05, 0.1) is 12.8 Å². The molecule has 0 radical (unpaired) electrons. The normalized spacial score (nSPS) is 18.2. The van der Waals surface area contributed by atoms with Crippen LogP contribution in [0.25, 0.3) is 11.4 Å². The first-order chi connectivity index (χ1) is 9.19. The maximum atomic E-state index is 6.23. The van der Waals surface area contributed by atoms with E-state index in [1.165, 1.54) is 0 Å². The van der Waals surface area contributed by atoms with Gasteiger partial charge in [0.15, 0.2) is 5.15 Å². The molecule has 0 aliphatic carbocycles. The van der Waals surface area contributed by atoms with Crippen LogP contribution in [0.15, 0.2) is 24.3 Å². The van der Waals surface area contributed by atoms with Gasteiger partial charge in [-0.25, -0.2) is 4.98 Å². The number of halogens is 1. The zero-order chi connectivity index (χ0) is 13.4. The van der Waals surface area contributed by atoms with E-state index in [1.54, 1.807) is 7.11 Å². The van der Waals surface area contributed by atoms with Gasteiger partial charge in [0.2, 0.25) is 0 Å². The Morgan fingerprint density at radius 2 is 2.32 bits per heavy atom. The van der Waals surface area contributed by atoms with Crippen LogP contribution < -0.4 is 10.5 Å². The van der Waals surface area contributed by atoms with Gasteiger partial charge in [-0.3, -0.25) is 0 Å². The van der Waals surface area contributed by atoms with Crippen LogP contribution in [-0.2, 0) is 13.0 Å². The lowest BCUT2D eigenvalue weighted by Crippen LogP contribution is -2.30. The number of nitrogens with zero attached hydrogens (tertiary/aromatic N) is 2. The fourth-order valence-electron chi connectivity index (χ4n) is 2.52. The maximum Gasteiger partial charge on any atom is 0.151 e. The summed E-state index contributed by atoms with van der Waals surface area (Å²) >= 11 is 6.23. The molecule has 1 aliphatic rings. The predicted molar refractivity (Wildman–Crippen MR) is 75.5 cm³/mol. The Morgan fingerprint density at radius 3 is 3.11 bits per heavy atom. The van der Waals surface area contributed by atoms with Gasteiger partial charge in [-0.1, -0.05) is 23.7 Å². The first-order valence-electron chi connectivity index (χ1n) is 6.34. The Morgan fingerprint density at radius 1 is 1.47 bits per heavy atom. The number of ether oxygens (including phenoxy) is 1.